The van der Waals surface area contributed by atoms with Crippen molar-refractivity contribution in [3.05, 3.63) is 11.6 Å². The van der Waals surface area contributed by atoms with Crippen molar-refractivity contribution in [1.82, 2.24) is 4.90 Å². The minimum absolute atomic E-state index is 0.428. The van der Waals surface area contributed by atoms with Crippen LogP contribution in [0.4, 0.5) is 0 Å². The van der Waals surface area contributed by atoms with Gasteiger partial charge in [-0.3, -0.25) is 4.90 Å². The zero-order valence-corrected chi connectivity index (χ0v) is 11.5. The maximum Gasteiger partial charge on any atom is 0.102 e. The van der Waals surface area contributed by atoms with E-state index in [2.05, 4.69) is 11.0 Å². The Kier molecular flexibility index (Phi) is 3.76. The molecule has 2 nitrogen and oxygen atoms in total. The Morgan fingerprint density at radius 1 is 1.06 bits per heavy atom. The maximum atomic E-state index is 11.2. The molecule has 1 N–H and O–H groups in total. The first-order chi connectivity index (χ1) is 8.81. The minimum Gasteiger partial charge on any atom is -0.384 e. The second-order valence-electron chi connectivity index (χ2n) is 6.40. The summed E-state index contributed by atoms with van der Waals surface area (Å²) in [4.78, 5) is 2.54. The van der Waals surface area contributed by atoms with Gasteiger partial charge in [0.25, 0.3) is 0 Å². The van der Waals surface area contributed by atoms with Crippen LogP contribution in [0.15, 0.2) is 11.6 Å². The minimum atomic E-state index is -0.474. The average molecular weight is 249 g/mol. The predicted molar refractivity (Wildman–Crippen MR) is 74.6 cm³/mol. The fourth-order valence-electron chi connectivity index (χ4n) is 4.24. The highest BCUT2D eigenvalue weighted by molar-refractivity contribution is 5.24. The lowest BCUT2D eigenvalue weighted by molar-refractivity contribution is 0.0179. The molecule has 3 aliphatic rings. The largest absolute Gasteiger partial charge is 0.384 e. The standard InChI is InChI=1S/C16H27NO/c18-16(14-8-4-2-1-3-5-9-14)11-13-17-12-7-6-10-15(16)17/h8,15,18H,1-7,9-13H2. The molecule has 0 amide bonds. The topological polar surface area (TPSA) is 23.5 Å². The zero-order chi connectivity index (χ0) is 12.4. The van der Waals surface area contributed by atoms with Gasteiger partial charge in [0.05, 0.1) is 0 Å². The molecule has 2 unspecified atom stereocenters. The van der Waals surface area contributed by atoms with Crippen LogP contribution in [0.5, 0.6) is 0 Å². The third-order valence-corrected chi connectivity index (χ3v) is 5.29. The molecule has 2 aliphatic heterocycles. The molecule has 2 heterocycles. The van der Waals surface area contributed by atoms with Crippen molar-refractivity contribution in [2.75, 3.05) is 13.1 Å². The Bertz CT molecular complexity index is 325. The fraction of sp³-hybridized carbons (Fsp3) is 0.875. The number of piperidine rings is 1. The van der Waals surface area contributed by atoms with Crippen LogP contribution >= 0.6 is 0 Å². The smallest absolute Gasteiger partial charge is 0.102 e. The van der Waals surface area contributed by atoms with Crippen molar-refractivity contribution in [2.24, 2.45) is 0 Å². The first kappa shape index (κ1) is 12.7. The van der Waals surface area contributed by atoms with Gasteiger partial charge < -0.3 is 5.11 Å². The second-order valence-corrected chi connectivity index (χ2v) is 6.40. The van der Waals surface area contributed by atoms with Gasteiger partial charge in [-0.1, -0.05) is 25.3 Å². The van der Waals surface area contributed by atoms with Crippen molar-refractivity contribution in [2.45, 2.75) is 75.9 Å². The molecule has 1 aliphatic carbocycles. The van der Waals surface area contributed by atoms with E-state index in [0.717, 1.165) is 19.4 Å². The summed E-state index contributed by atoms with van der Waals surface area (Å²) in [6, 6.07) is 0.428. The van der Waals surface area contributed by atoms with Gasteiger partial charge in [-0.05, 0) is 57.1 Å². The Morgan fingerprint density at radius 3 is 2.89 bits per heavy atom. The van der Waals surface area contributed by atoms with Gasteiger partial charge in [0.2, 0.25) is 0 Å². The van der Waals surface area contributed by atoms with Crippen molar-refractivity contribution in [3.8, 4) is 0 Å². The van der Waals surface area contributed by atoms with E-state index in [1.165, 1.54) is 63.5 Å². The first-order valence-electron chi connectivity index (χ1n) is 7.97. The van der Waals surface area contributed by atoms with E-state index in [9.17, 15) is 5.11 Å². The number of nitrogens with zero attached hydrogens (tertiary/aromatic N) is 1. The van der Waals surface area contributed by atoms with Gasteiger partial charge in [0, 0.05) is 12.6 Å². The summed E-state index contributed by atoms with van der Waals surface area (Å²) in [5, 5.41) is 11.2. The molecule has 0 bridgehead atoms. The molecule has 18 heavy (non-hydrogen) atoms. The molecule has 102 valence electrons. The molecule has 3 rings (SSSR count). The number of hydrogen-bond acceptors (Lipinski definition) is 2. The van der Waals surface area contributed by atoms with Crippen molar-refractivity contribution in [1.29, 1.82) is 0 Å². The van der Waals surface area contributed by atoms with Crippen LogP contribution in [0, 0.1) is 0 Å². The monoisotopic (exact) mass is 249 g/mol. The van der Waals surface area contributed by atoms with Gasteiger partial charge in [0.1, 0.15) is 5.60 Å². The third-order valence-electron chi connectivity index (χ3n) is 5.29. The van der Waals surface area contributed by atoms with E-state index in [1.807, 2.05) is 0 Å². The highest BCUT2D eigenvalue weighted by Gasteiger charge is 2.48. The van der Waals surface area contributed by atoms with Crippen LogP contribution in [-0.4, -0.2) is 34.7 Å². The lowest BCUT2D eigenvalue weighted by Crippen LogP contribution is -2.48. The Balaban J connectivity index is 1.79. The second kappa shape index (κ2) is 5.34. The number of rotatable bonds is 1. The molecule has 0 radical (unpaired) electrons. The maximum absolute atomic E-state index is 11.2. The summed E-state index contributed by atoms with van der Waals surface area (Å²) in [5.41, 5.74) is 0.911. The average Bonchev–Trinajstić information content (AvgIpc) is 2.68. The number of fused-ring (bicyclic) bond motifs is 1. The van der Waals surface area contributed by atoms with E-state index < -0.39 is 5.60 Å². The number of allylic oxidation sites excluding steroid dienone is 1. The summed E-state index contributed by atoms with van der Waals surface area (Å²) in [6.45, 7) is 2.32. The summed E-state index contributed by atoms with van der Waals surface area (Å²) in [7, 11) is 0. The van der Waals surface area contributed by atoms with Crippen LogP contribution in [0.25, 0.3) is 0 Å². The van der Waals surface area contributed by atoms with Crippen molar-refractivity contribution >= 4 is 0 Å². The molecule has 2 fully saturated rings. The first-order valence-corrected chi connectivity index (χ1v) is 7.97. The zero-order valence-electron chi connectivity index (χ0n) is 11.5. The van der Waals surface area contributed by atoms with E-state index in [-0.39, 0.29) is 0 Å². The predicted octanol–water partition coefficient (Wildman–Crippen LogP) is 3.26. The van der Waals surface area contributed by atoms with Gasteiger partial charge in [-0.2, -0.15) is 0 Å². The van der Waals surface area contributed by atoms with Gasteiger partial charge in [0.15, 0.2) is 0 Å². The molecule has 2 heteroatoms. The molecule has 0 aromatic heterocycles. The van der Waals surface area contributed by atoms with Gasteiger partial charge in [-0.25, -0.2) is 0 Å². The normalized spacial score (nSPS) is 38.7. The lowest BCUT2D eigenvalue weighted by Gasteiger charge is -2.39. The van der Waals surface area contributed by atoms with Crippen molar-refractivity contribution in [3.63, 3.8) is 0 Å². The SMILES string of the molecule is OC1(C2=CCCCCCC2)CCN2CCCCC21. The highest BCUT2D eigenvalue weighted by Crippen LogP contribution is 2.42. The Labute approximate surface area is 111 Å². The van der Waals surface area contributed by atoms with Crippen molar-refractivity contribution < 1.29 is 5.11 Å². The summed E-state index contributed by atoms with van der Waals surface area (Å²) in [6.07, 6.45) is 14.8. The molecular formula is C16H27NO. The summed E-state index contributed by atoms with van der Waals surface area (Å²) >= 11 is 0. The van der Waals surface area contributed by atoms with Gasteiger partial charge in [-0.15, -0.1) is 0 Å². The molecule has 0 aromatic carbocycles. The van der Waals surface area contributed by atoms with Crippen LogP contribution in [0.3, 0.4) is 0 Å². The fourth-order valence-corrected chi connectivity index (χ4v) is 4.24. The third kappa shape index (κ3) is 2.25. The molecule has 0 spiro atoms. The molecular weight excluding hydrogens is 222 g/mol. The van der Waals surface area contributed by atoms with E-state index >= 15 is 0 Å². The quantitative estimate of drug-likeness (QED) is 0.721. The highest BCUT2D eigenvalue weighted by atomic mass is 16.3. The molecule has 2 saturated heterocycles. The van der Waals surface area contributed by atoms with Crippen LogP contribution in [0.1, 0.15) is 64.2 Å². The van der Waals surface area contributed by atoms with Crippen LogP contribution in [-0.2, 0) is 0 Å². The van der Waals surface area contributed by atoms with E-state index in [4.69, 9.17) is 0 Å². The molecule has 0 aromatic rings. The van der Waals surface area contributed by atoms with Crippen LogP contribution < -0.4 is 0 Å². The Morgan fingerprint density at radius 2 is 1.94 bits per heavy atom. The molecule has 2 atom stereocenters. The van der Waals surface area contributed by atoms with Gasteiger partial charge >= 0.3 is 0 Å². The summed E-state index contributed by atoms with van der Waals surface area (Å²) < 4.78 is 0. The van der Waals surface area contributed by atoms with Crippen LogP contribution in [0.2, 0.25) is 0 Å². The Hall–Kier alpha value is -0.340. The number of aliphatic hydroxyl groups is 1. The lowest BCUT2D eigenvalue weighted by atomic mass is 9.79. The molecule has 0 saturated carbocycles. The summed E-state index contributed by atoms with van der Waals surface area (Å²) in [5.74, 6) is 0. The van der Waals surface area contributed by atoms with E-state index in [0.29, 0.717) is 6.04 Å². The number of hydrogen-bond donors (Lipinski definition) is 1. The van der Waals surface area contributed by atoms with E-state index in [1.54, 1.807) is 0 Å².